The van der Waals surface area contributed by atoms with E-state index in [1.54, 1.807) is 26.4 Å². The fourth-order valence-corrected chi connectivity index (χ4v) is 5.51. The zero-order chi connectivity index (χ0) is 30.4. The van der Waals surface area contributed by atoms with E-state index in [0.29, 0.717) is 37.5 Å². The highest BCUT2D eigenvalue weighted by molar-refractivity contribution is 5.96. The lowest BCUT2D eigenvalue weighted by Gasteiger charge is -2.38. The number of unbranched alkanes of at least 4 members (excludes halogenated alkanes) is 1. The molecule has 41 heavy (non-hydrogen) atoms. The van der Waals surface area contributed by atoms with E-state index >= 15 is 0 Å². The number of amides is 2. The van der Waals surface area contributed by atoms with Crippen molar-refractivity contribution in [3.8, 4) is 5.75 Å². The fourth-order valence-electron chi connectivity index (χ4n) is 5.51. The molecule has 9 heteroatoms. The molecule has 0 bridgehead atoms. The van der Waals surface area contributed by atoms with Crippen molar-refractivity contribution in [1.29, 1.82) is 0 Å². The van der Waals surface area contributed by atoms with Crippen molar-refractivity contribution in [2.75, 3.05) is 40.5 Å². The zero-order valence-corrected chi connectivity index (χ0v) is 26.1. The van der Waals surface area contributed by atoms with Crippen LogP contribution in [0.25, 0.3) is 0 Å². The number of nitrogens with one attached hydrogen (secondary N) is 2. The molecule has 1 aromatic rings. The highest BCUT2D eigenvalue weighted by atomic mass is 16.5. The molecule has 5 N–H and O–H groups in total. The summed E-state index contributed by atoms with van der Waals surface area (Å²) in [5, 5.41) is 16.8. The molecule has 1 aliphatic carbocycles. The van der Waals surface area contributed by atoms with E-state index < -0.39 is 17.6 Å². The minimum Gasteiger partial charge on any atom is -0.493 e. The van der Waals surface area contributed by atoms with E-state index in [4.69, 9.17) is 19.9 Å². The number of hydrogen-bond donors (Lipinski definition) is 4. The van der Waals surface area contributed by atoms with Crippen molar-refractivity contribution in [3.05, 3.63) is 29.8 Å². The van der Waals surface area contributed by atoms with E-state index in [9.17, 15) is 14.7 Å². The lowest BCUT2D eigenvalue weighted by molar-refractivity contribution is -0.134. The SMILES string of the molecule is COCCCCOc1ccccc1C(=O)NC[C@@H](C[C@H](N)[C@@H](O)CNC(=O)C(C)(C)C1CCC(OC)CC1)C(C)C. The number of benzene rings is 1. The van der Waals surface area contributed by atoms with Gasteiger partial charge in [-0.05, 0) is 74.8 Å². The lowest BCUT2D eigenvalue weighted by Crippen LogP contribution is -2.49. The van der Waals surface area contributed by atoms with Gasteiger partial charge in [0.15, 0.2) is 0 Å². The van der Waals surface area contributed by atoms with Crippen LogP contribution in [0.2, 0.25) is 0 Å². The molecular weight excluding hydrogens is 522 g/mol. The molecule has 2 amide bonds. The Morgan fingerprint density at radius 2 is 1.68 bits per heavy atom. The second kappa shape index (κ2) is 17.7. The lowest BCUT2D eigenvalue weighted by atomic mass is 9.70. The van der Waals surface area contributed by atoms with Crippen LogP contribution in [0.1, 0.15) is 83.0 Å². The van der Waals surface area contributed by atoms with Crippen LogP contribution in [-0.2, 0) is 14.3 Å². The number of carbonyl (C=O) groups is 2. The van der Waals surface area contributed by atoms with Crippen LogP contribution < -0.4 is 21.1 Å². The van der Waals surface area contributed by atoms with Crippen LogP contribution >= 0.6 is 0 Å². The standard InChI is InChI=1S/C32H55N3O6/c1-22(2)23(20-34-30(37)26-11-7-8-12-29(26)41-18-10-9-17-39-5)19-27(33)28(36)21-35-31(38)32(3,4)24-13-15-25(40-6)16-14-24/h7-8,11-12,22-25,27-28,36H,9-10,13-21,33H2,1-6H3,(H,34,37)(H,35,38)/t23-,24?,25?,27+,28+/m1/s1. The number of carbonyl (C=O) groups excluding carboxylic acids is 2. The second-order valence-corrected chi connectivity index (χ2v) is 12.4. The van der Waals surface area contributed by atoms with Crippen molar-refractivity contribution in [1.82, 2.24) is 10.6 Å². The first kappa shape index (κ1) is 35.0. The van der Waals surface area contributed by atoms with Crippen LogP contribution in [0.5, 0.6) is 5.75 Å². The number of aliphatic hydroxyl groups excluding tert-OH is 1. The number of ether oxygens (including phenoxy) is 3. The molecule has 1 saturated carbocycles. The maximum absolute atomic E-state index is 13.1. The number of para-hydroxylation sites is 1. The predicted molar refractivity (Wildman–Crippen MR) is 162 cm³/mol. The van der Waals surface area contributed by atoms with Crippen LogP contribution in [0.15, 0.2) is 24.3 Å². The summed E-state index contributed by atoms with van der Waals surface area (Å²) < 4.78 is 16.4. The number of hydrogen-bond acceptors (Lipinski definition) is 7. The van der Waals surface area contributed by atoms with Crippen molar-refractivity contribution < 1.29 is 28.9 Å². The molecule has 9 nitrogen and oxygen atoms in total. The summed E-state index contributed by atoms with van der Waals surface area (Å²) in [6.45, 7) is 9.83. The van der Waals surface area contributed by atoms with Crippen molar-refractivity contribution in [2.24, 2.45) is 28.9 Å². The third-order valence-corrected chi connectivity index (χ3v) is 8.75. The molecule has 0 aliphatic heterocycles. The minimum absolute atomic E-state index is 0.0498. The van der Waals surface area contributed by atoms with Gasteiger partial charge in [0.05, 0.1) is 24.4 Å². The maximum Gasteiger partial charge on any atom is 0.255 e. The van der Waals surface area contributed by atoms with Gasteiger partial charge in [0.25, 0.3) is 5.91 Å². The minimum atomic E-state index is -0.886. The third kappa shape index (κ3) is 11.2. The molecule has 0 spiro atoms. The number of methoxy groups -OCH3 is 2. The Balaban J connectivity index is 1.85. The summed E-state index contributed by atoms with van der Waals surface area (Å²) in [6, 6.07) is 6.69. The fraction of sp³-hybridized carbons (Fsp3) is 0.750. The Labute approximate surface area is 247 Å². The number of rotatable bonds is 18. The molecule has 1 aromatic carbocycles. The molecule has 234 valence electrons. The Bertz CT molecular complexity index is 916. The summed E-state index contributed by atoms with van der Waals surface area (Å²) in [7, 11) is 3.42. The van der Waals surface area contributed by atoms with Gasteiger partial charge in [-0.2, -0.15) is 0 Å². The molecule has 0 unspecified atom stereocenters. The number of nitrogens with two attached hydrogens (primary N) is 1. The van der Waals surface area contributed by atoms with Crippen LogP contribution in [0.3, 0.4) is 0 Å². The van der Waals surface area contributed by atoms with Crippen LogP contribution in [0.4, 0.5) is 0 Å². The smallest absolute Gasteiger partial charge is 0.255 e. The van der Waals surface area contributed by atoms with Gasteiger partial charge in [0.1, 0.15) is 5.75 Å². The third-order valence-electron chi connectivity index (χ3n) is 8.75. The van der Waals surface area contributed by atoms with Gasteiger partial charge in [-0.25, -0.2) is 0 Å². The molecule has 0 saturated heterocycles. The summed E-state index contributed by atoms with van der Waals surface area (Å²) in [5.41, 5.74) is 6.36. The maximum atomic E-state index is 13.1. The largest absolute Gasteiger partial charge is 0.493 e. The first-order valence-electron chi connectivity index (χ1n) is 15.2. The molecule has 1 fully saturated rings. The van der Waals surface area contributed by atoms with Gasteiger partial charge >= 0.3 is 0 Å². The summed E-state index contributed by atoms with van der Waals surface area (Å²) in [5.74, 6) is 0.856. The van der Waals surface area contributed by atoms with Crippen molar-refractivity contribution in [3.63, 3.8) is 0 Å². The second-order valence-electron chi connectivity index (χ2n) is 12.4. The van der Waals surface area contributed by atoms with Gasteiger partial charge in [-0.15, -0.1) is 0 Å². The monoisotopic (exact) mass is 577 g/mol. The van der Waals surface area contributed by atoms with Gasteiger partial charge in [-0.1, -0.05) is 39.8 Å². The van der Waals surface area contributed by atoms with E-state index in [1.807, 2.05) is 26.0 Å². The molecule has 3 atom stereocenters. The predicted octanol–water partition coefficient (Wildman–Crippen LogP) is 3.92. The Hall–Kier alpha value is -2.20. The van der Waals surface area contributed by atoms with Crippen molar-refractivity contribution >= 4 is 11.8 Å². The highest BCUT2D eigenvalue weighted by Gasteiger charge is 2.39. The Kier molecular flexibility index (Phi) is 15.1. The Morgan fingerprint density at radius 3 is 2.32 bits per heavy atom. The van der Waals surface area contributed by atoms with E-state index in [2.05, 4.69) is 24.5 Å². The van der Waals surface area contributed by atoms with Crippen molar-refractivity contribution in [2.45, 2.75) is 90.9 Å². The zero-order valence-electron chi connectivity index (χ0n) is 26.1. The first-order chi connectivity index (χ1) is 19.5. The van der Waals surface area contributed by atoms with E-state index in [-0.39, 0.29) is 42.2 Å². The first-order valence-corrected chi connectivity index (χ1v) is 15.2. The summed E-state index contributed by atoms with van der Waals surface area (Å²) in [6.07, 6.45) is 5.47. The molecule has 0 radical (unpaired) electrons. The molecular formula is C32H55N3O6. The Morgan fingerprint density at radius 1 is 1.02 bits per heavy atom. The van der Waals surface area contributed by atoms with E-state index in [0.717, 1.165) is 38.5 Å². The van der Waals surface area contributed by atoms with Crippen LogP contribution in [-0.4, -0.2) is 75.7 Å². The van der Waals surface area contributed by atoms with Gasteiger partial charge in [0, 0.05) is 45.4 Å². The summed E-state index contributed by atoms with van der Waals surface area (Å²) >= 11 is 0. The number of aliphatic hydroxyl groups is 1. The molecule has 2 rings (SSSR count). The quantitative estimate of drug-likeness (QED) is 0.195. The molecule has 0 aromatic heterocycles. The highest BCUT2D eigenvalue weighted by Crippen LogP contribution is 2.39. The van der Waals surface area contributed by atoms with E-state index in [1.165, 1.54) is 0 Å². The topological polar surface area (TPSA) is 132 Å². The van der Waals surface area contributed by atoms with Crippen LogP contribution in [0, 0.1) is 23.2 Å². The average Bonchev–Trinajstić information content (AvgIpc) is 2.97. The van der Waals surface area contributed by atoms with Gasteiger partial charge in [-0.3, -0.25) is 9.59 Å². The molecule has 0 heterocycles. The van der Waals surface area contributed by atoms with Gasteiger partial charge in [0.2, 0.25) is 5.91 Å². The van der Waals surface area contributed by atoms with Gasteiger partial charge < -0.3 is 35.7 Å². The normalized spacial score (nSPS) is 19.8. The molecule has 1 aliphatic rings. The summed E-state index contributed by atoms with van der Waals surface area (Å²) in [4.78, 5) is 26.1. The average molecular weight is 578 g/mol.